The molecule has 1 aliphatic heterocycles. The molecule has 0 spiro atoms. The highest BCUT2D eigenvalue weighted by atomic mass is 16.3. The van der Waals surface area contributed by atoms with Crippen LogP contribution in [0.5, 0.6) is 0 Å². The van der Waals surface area contributed by atoms with Gasteiger partial charge in [0.1, 0.15) is 5.69 Å². The van der Waals surface area contributed by atoms with E-state index in [0.29, 0.717) is 18.7 Å². The number of aromatic nitrogens is 1. The lowest BCUT2D eigenvalue weighted by atomic mass is 10.2. The first-order valence-electron chi connectivity index (χ1n) is 6.24. The first kappa shape index (κ1) is 13.1. The zero-order valence-electron chi connectivity index (χ0n) is 11.2. The average Bonchev–Trinajstić information content (AvgIpc) is 2.83. The average molecular weight is 251 g/mol. The Morgan fingerprint density at radius 3 is 2.83 bits per heavy atom. The van der Waals surface area contributed by atoms with E-state index in [4.69, 9.17) is 0 Å². The summed E-state index contributed by atoms with van der Waals surface area (Å²) in [5.74, 6) is 0.00546. The Bertz CT molecular complexity index is 428. The van der Waals surface area contributed by atoms with Crippen LogP contribution < -0.4 is 0 Å². The van der Waals surface area contributed by atoms with Crippen molar-refractivity contribution < 1.29 is 9.90 Å². The Morgan fingerprint density at radius 1 is 1.56 bits per heavy atom. The van der Waals surface area contributed by atoms with Gasteiger partial charge in [-0.1, -0.05) is 0 Å². The van der Waals surface area contributed by atoms with Gasteiger partial charge < -0.3 is 19.5 Å². The third-order valence-electron chi connectivity index (χ3n) is 3.39. The number of nitrogens with zero attached hydrogens (tertiary/aromatic N) is 3. The summed E-state index contributed by atoms with van der Waals surface area (Å²) in [5.41, 5.74) is 0.674. The molecular weight excluding hydrogens is 230 g/mol. The molecule has 0 bridgehead atoms. The molecule has 2 heterocycles. The van der Waals surface area contributed by atoms with Gasteiger partial charge >= 0.3 is 0 Å². The van der Waals surface area contributed by atoms with Gasteiger partial charge in [0.25, 0.3) is 5.91 Å². The zero-order valence-corrected chi connectivity index (χ0v) is 11.2. The van der Waals surface area contributed by atoms with E-state index in [9.17, 15) is 9.90 Å². The Kier molecular flexibility index (Phi) is 3.73. The molecule has 18 heavy (non-hydrogen) atoms. The van der Waals surface area contributed by atoms with Crippen molar-refractivity contribution >= 4 is 5.91 Å². The number of likely N-dealkylation sites (N-methyl/N-ethyl adjacent to an activating group) is 1. The van der Waals surface area contributed by atoms with Gasteiger partial charge in [-0.15, -0.1) is 0 Å². The number of hydrogen-bond acceptors (Lipinski definition) is 3. The summed E-state index contributed by atoms with van der Waals surface area (Å²) in [5, 5.41) is 9.78. The molecule has 1 aromatic heterocycles. The van der Waals surface area contributed by atoms with Crippen molar-refractivity contribution in [3.8, 4) is 0 Å². The Labute approximate surface area is 108 Å². The number of rotatable bonds is 3. The molecule has 1 aliphatic rings. The number of carbonyl (C=O) groups excluding carboxylic acids is 1. The largest absolute Gasteiger partial charge is 0.391 e. The molecule has 1 amide bonds. The second-order valence-corrected chi connectivity index (χ2v) is 5.27. The fourth-order valence-electron chi connectivity index (χ4n) is 2.57. The second-order valence-electron chi connectivity index (χ2n) is 5.27. The number of carbonyl (C=O) groups is 1. The van der Waals surface area contributed by atoms with Gasteiger partial charge in [0.15, 0.2) is 0 Å². The number of likely N-dealkylation sites (tertiary alicyclic amines) is 1. The molecule has 0 aliphatic carbocycles. The molecule has 1 aromatic rings. The lowest BCUT2D eigenvalue weighted by Gasteiger charge is -2.26. The number of β-amino-alcohol motifs (C(OH)–C–C–N with tert-alkyl or cyclic N) is 1. The van der Waals surface area contributed by atoms with E-state index < -0.39 is 6.10 Å². The van der Waals surface area contributed by atoms with E-state index in [1.807, 2.05) is 48.9 Å². The maximum Gasteiger partial charge on any atom is 0.270 e. The highest BCUT2D eigenvalue weighted by Gasteiger charge is 2.35. The van der Waals surface area contributed by atoms with Crippen molar-refractivity contribution in [2.75, 3.05) is 27.2 Å². The van der Waals surface area contributed by atoms with Crippen LogP contribution >= 0.6 is 0 Å². The molecule has 5 nitrogen and oxygen atoms in total. The standard InChI is InChI=1S/C13H21N3O2/c1-14(2)8-10-7-11(17)9-16(10)13(18)12-5-4-6-15(12)3/h4-6,10-11,17H,7-9H2,1-3H3. The number of aliphatic hydroxyl groups is 1. The minimum atomic E-state index is -0.404. The van der Waals surface area contributed by atoms with Crippen molar-refractivity contribution in [2.24, 2.45) is 7.05 Å². The summed E-state index contributed by atoms with van der Waals surface area (Å²) in [6.45, 7) is 1.22. The normalized spacial score (nSPS) is 23.9. The molecule has 2 rings (SSSR count). The quantitative estimate of drug-likeness (QED) is 0.832. The van der Waals surface area contributed by atoms with E-state index in [1.54, 1.807) is 4.90 Å². The highest BCUT2D eigenvalue weighted by Crippen LogP contribution is 2.21. The predicted molar refractivity (Wildman–Crippen MR) is 69.4 cm³/mol. The van der Waals surface area contributed by atoms with Crippen LogP contribution in [0.2, 0.25) is 0 Å². The molecule has 2 unspecified atom stereocenters. The summed E-state index contributed by atoms with van der Waals surface area (Å²) in [6.07, 6.45) is 2.12. The lowest BCUT2D eigenvalue weighted by molar-refractivity contribution is 0.0689. The molecule has 0 saturated carbocycles. The van der Waals surface area contributed by atoms with E-state index in [1.165, 1.54) is 0 Å². The fourth-order valence-corrected chi connectivity index (χ4v) is 2.57. The third-order valence-corrected chi connectivity index (χ3v) is 3.39. The summed E-state index contributed by atoms with van der Waals surface area (Å²) in [6, 6.07) is 3.78. The van der Waals surface area contributed by atoms with Crippen LogP contribution in [0.15, 0.2) is 18.3 Å². The topological polar surface area (TPSA) is 48.7 Å². The van der Waals surface area contributed by atoms with E-state index >= 15 is 0 Å². The van der Waals surface area contributed by atoms with Crippen LogP contribution in [-0.4, -0.2) is 64.7 Å². The third kappa shape index (κ3) is 2.57. The zero-order chi connectivity index (χ0) is 13.3. The van der Waals surface area contributed by atoms with Gasteiger partial charge in [-0.25, -0.2) is 0 Å². The monoisotopic (exact) mass is 251 g/mol. The minimum absolute atomic E-state index is 0.00546. The van der Waals surface area contributed by atoms with Gasteiger partial charge in [-0.2, -0.15) is 0 Å². The van der Waals surface area contributed by atoms with E-state index in [0.717, 1.165) is 6.54 Å². The summed E-state index contributed by atoms with van der Waals surface area (Å²) < 4.78 is 1.82. The molecular formula is C13H21N3O2. The highest BCUT2D eigenvalue weighted by molar-refractivity contribution is 5.93. The Morgan fingerprint density at radius 2 is 2.28 bits per heavy atom. The van der Waals surface area contributed by atoms with Gasteiger partial charge in [0.05, 0.1) is 6.10 Å². The molecule has 100 valence electrons. The first-order chi connectivity index (χ1) is 8.49. The summed E-state index contributed by atoms with van der Waals surface area (Å²) >= 11 is 0. The Hall–Kier alpha value is -1.33. The molecule has 1 saturated heterocycles. The van der Waals surface area contributed by atoms with Crippen LogP contribution in [0.4, 0.5) is 0 Å². The SMILES string of the molecule is CN(C)CC1CC(O)CN1C(=O)c1cccn1C. The van der Waals surface area contributed by atoms with Crippen LogP contribution in [0, 0.1) is 0 Å². The van der Waals surface area contributed by atoms with Crippen LogP contribution in [0.3, 0.4) is 0 Å². The number of aryl methyl sites for hydroxylation is 1. The van der Waals surface area contributed by atoms with E-state index in [-0.39, 0.29) is 11.9 Å². The van der Waals surface area contributed by atoms with Crippen molar-refractivity contribution in [3.05, 3.63) is 24.0 Å². The van der Waals surface area contributed by atoms with E-state index in [2.05, 4.69) is 0 Å². The van der Waals surface area contributed by atoms with Crippen molar-refractivity contribution in [1.82, 2.24) is 14.4 Å². The molecule has 2 atom stereocenters. The van der Waals surface area contributed by atoms with Crippen LogP contribution in [-0.2, 0) is 7.05 Å². The predicted octanol–water partition coefficient (Wildman–Crippen LogP) is 0.162. The molecule has 0 radical (unpaired) electrons. The second kappa shape index (κ2) is 5.12. The lowest BCUT2D eigenvalue weighted by Crippen LogP contribution is -2.42. The van der Waals surface area contributed by atoms with Gasteiger partial charge in [-0.05, 0) is 32.6 Å². The van der Waals surface area contributed by atoms with Crippen molar-refractivity contribution in [2.45, 2.75) is 18.6 Å². The Balaban J connectivity index is 2.15. The van der Waals surface area contributed by atoms with Crippen molar-refractivity contribution in [3.63, 3.8) is 0 Å². The molecule has 0 aromatic carbocycles. The van der Waals surface area contributed by atoms with Crippen molar-refractivity contribution in [1.29, 1.82) is 0 Å². The number of aliphatic hydroxyl groups excluding tert-OH is 1. The summed E-state index contributed by atoms with van der Waals surface area (Å²) in [7, 11) is 5.83. The molecule has 1 N–H and O–H groups in total. The molecule has 5 heteroatoms. The smallest absolute Gasteiger partial charge is 0.270 e. The number of amides is 1. The van der Waals surface area contributed by atoms with Crippen LogP contribution in [0.1, 0.15) is 16.9 Å². The van der Waals surface area contributed by atoms with Crippen LogP contribution in [0.25, 0.3) is 0 Å². The fraction of sp³-hybridized carbons (Fsp3) is 0.615. The van der Waals surface area contributed by atoms with Gasteiger partial charge in [-0.3, -0.25) is 4.79 Å². The summed E-state index contributed by atoms with van der Waals surface area (Å²) in [4.78, 5) is 16.3. The maximum atomic E-state index is 12.4. The first-order valence-corrected chi connectivity index (χ1v) is 6.24. The van der Waals surface area contributed by atoms with Gasteiger partial charge in [0.2, 0.25) is 0 Å². The maximum absolute atomic E-state index is 12.4. The number of hydrogen-bond donors (Lipinski definition) is 1. The molecule has 1 fully saturated rings. The minimum Gasteiger partial charge on any atom is -0.391 e. The van der Waals surface area contributed by atoms with Gasteiger partial charge in [0, 0.05) is 32.4 Å².